The van der Waals surface area contributed by atoms with E-state index in [0.29, 0.717) is 16.5 Å². The van der Waals surface area contributed by atoms with Gasteiger partial charge in [-0.1, -0.05) is 11.6 Å². The third-order valence-corrected chi connectivity index (χ3v) is 2.51. The van der Waals surface area contributed by atoms with Crippen LogP contribution in [0, 0.1) is 0 Å². The van der Waals surface area contributed by atoms with Crippen LogP contribution in [0.5, 0.6) is 11.5 Å². The van der Waals surface area contributed by atoms with Crippen LogP contribution in [-0.4, -0.2) is 17.2 Å². The van der Waals surface area contributed by atoms with Gasteiger partial charge in [-0.05, 0) is 30.3 Å². The first-order valence-electron chi connectivity index (χ1n) is 4.70. The third kappa shape index (κ3) is 1.95. The molecule has 0 atom stereocenters. The van der Waals surface area contributed by atoms with Crippen LogP contribution in [0.4, 0.5) is 0 Å². The topological polar surface area (TPSA) is 42.4 Å². The van der Waals surface area contributed by atoms with Gasteiger partial charge in [0.05, 0.1) is 12.1 Å². The molecule has 1 aromatic heterocycles. The molecule has 3 nitrogen and oxygen atoms in total. The number of benzene rings is 1. The Morgan fingerprint density at radius 3 is 2.75 bits per heavy atom. The molecular formula is C12H10ClNO2. The molecule has 0 unspecified atom stereocenters. The summed E-state index contributed by atoms with van der Waals surface area (Å²) in [6.45, 7) is 0. The van der Waals surface area contributed by atoms with Gasteiger partial charge in [0.25, 0.3) is 0 Å². The van der Waals surface area contributed by atoms with Crippen LogP contribution in [0.3, 0.4) is 0 Å². The highest BCUT2D eigenvalue weighted by Crippen LogP contribution is 2.32. The van der Waals surface area contributed by atoms with E-state index in [9.17, 15) is 5.11 Å². The van der Waals surface area contributed by atoms with E-state index in [1.54, 1.807) is 43.6 Å². The molecule has 2 aromatic rings. The van der Waals surface area contributed by atoms with Gasteiger partial charge in [-0.3, -0.25) is 4.98 Å². The number of aromatic hydroxyl groups is 1. The first-order valence-corrected chi connectivity index (χ1v) is 5.08. The lowest BCUT2D eigenvalue weighted by Crippen LogP contribution is -1.87. The zero-order chi connectivity index (χ0) is 11.5. The van der Waals surface area contributed by atoms with E-state index >= 15 is 0 Å². The monoisotopic (exact) mass is 235 g/mol. The predicted molar refractivity (Wildman–Crippen MR) is 62.9 cm³/mol. The average molecular weight is 236 g/mol. The number of ether oxygens (including phenoxy) is 1. The lowest BCUT2D eigenvalue weighted by molar-refractivity contribution is 0.415. The van der Waals surface area contributed by atoms with Crippen LogP contribution >= 0.6 is 11.6 Å². The highest BCUT2D eigenvalue weighted by Gasteiger charge is 2.07. The van der Waals surface area contributed by atoms with Crippen molar-refractivity contribution in [1.29, 1.82) is 0 Å². The number of pyridine rings is 1. The van der Waals surface area contributed by atoms with E-state index in [0.717, 1.165) is 5.56 Å². The zero-order valence-corrected chi connectivity index (χ0v) is 9.40. The fourth-order valence-corrected chi connectivity index (χ4v) is 1.69. The summed E-state index contributed by atoms with van der Waals surface area (Å²) in [7, 11) is 1.55. The zero-order valence-electron chi connectivity index (χ0n) is 8.64. The minimum Gasteiger partial charge on any atom is -0.506 e. The second-order valence-electron chi connectivity index (χ2n) is 3.22. The predicted octanol–water partition coefficient (Wildman–Crippen LogP) is 3.12. The van der Waals surface area contributed by atoms with Crippen LogP contribution in [-0.2, 0) is 0 Å². The molecule has 0 spiro atoms. The summed E-state index contributed by atoms with van der Waals surface area (Å²) >= 11 is 6.00. The maximum Gasteiger partial charge on any atom is 0.141 e. The second-order valence-corrected chi connectivity index (χ2v) is 3.63. The second kappa shape index (κ2) is 4.41. The van der Waals surface area contributed by atoms with Gasteiger partial charge < -0.3 is 9.84 Å². The number of aromatic nitrogens is 1. The molecule has 0 aliphatic carbocycles. The van der Waals surface area contributed by atoms with Gasteiger partial charge in [0.1, 0.15) is 17.2 Å². The van der Waals surface area contributed by atoms with Crippen molar-refractivity contribution in [2.24, 2.45) is 0 Å². The molecule has 0 bridgehead atoms. The maximum absolute atomic E-state index is 9.64. The van der Waals surface area contributed by atoms with Gasteiger partial charge in [0.2, 0.25) is 0 Å². The highest BCUT2D eigenvalue weighted by atomic mass is 35.5. The number of methoxy groups -OCH3 is 1. The first-order chi connectivity index (χ1) is 7.72. The molecule has 0 amide bonds. The van der Waals surface area contributed by atoms with E-state index in [1.807, 2.05) is 0 Å². The molecule has 1 aromatic carbocycles. The number of rotatable bonds is 2. The molecule has 0 saturated heterocycles. The van der Waals surface area contributed by atoms with Gasteiger partial charge in [0.15, 0.2) is 0 Å². The fraction of sp³-hybridized carbons (Fsp3) is 0.0833. The van der Waals surface area contributed by atoms with Crippen molar-refractivity contribution < 1.29 is 9.84 Å². The molecule has 82 valence electrons. The van der Waals surface area contributed by atoms with Crippen molar-refractivity contribution in [3.8, 4) is 22.8 Å². The first kappa shape index (κ1) is 10.8. The van der Waals surface area contributed by atoms with E-state index in [2.05, 4.69) is 4.98 Å². The molecule has 1 heterocycles. The van der Waals surface area contributed by atoms with Crippen LogP contribution in [0.1, 0.15) is 0 Å². The molecule has 0 aliphatic heterocycles. The number of hydrogen-bond donors (Lipinski definition) is 1. The van der Waals surface area contributed by atoms with E-state index in [4.69, 9.17) is 16.3 Å². The Hall–Kier alpha value is -1.74. The van der Waals surface area contributed by atoms with E-state index < -0.39 is 0 Å². The van der Waals surface area contributed by atoms with Crippen molar-refractivity contribution in [2.75, 3.05) is 7.11 Å². The summed E-state index contributed by atoms with van der Waals surface area (Å²) in [5.41, 5.74) is 1.26. The largest absolute Gasteiger partial charge is 0.506 e. The summed E-state index contributed by atoms with van der Waals surface area (Å²) in [5.74, 6) is 0.726. The minimum atomic E-state index is 0.128. The van der Waals surface area contributed by atoms with Gasteiger partial charge in [-0.25, -0.2) is 0 Å². The Morgan fingerprint density at radius 1 is 1.31 bits per heavy atom. The summed E-state index contributed by atoms with van der Waals surface area (Å²) in [6, 6.07) is 8.51. The van der Waals surface area contributed by atoms with E-state index in [1.165, 1.54) is 0 Å². The lowest BCUT2D eigenvalue weighted by Gasteiger charge is -2.06. The molecule has 2 rings (SSSR count). The Bertz CT molecular complexity index is 514. The summed E-state index contributed by atoms with van der Waals surface area (Å²) in [4.78, 5) is 4.10. The SMILES string of the molecule is COc1ccc(-c2ncccc2O)cc1Cl. The van der Waals surface area contributed by atoms with Crippen LogP contribution in [0.2, 0.25) is 5.02 Å². The van der Waals surface area contributed by atoms with Crippen molar-refractivity contribution in [3.63, 3.8) is 0 Å². The Labute approximate surface area is 98.3 Å². The van der Waals surface area contributed by atoms with Crippen molar-refractivity contribution in [1.82, 2.24) is 4.98 Å². The molecule has 0 aliphatic rings. The normalized spacial score (nSPS) is 10.1. The van der Waals surface area contributed by atoms with Crippen LogP contribution in [0.25, 0.3) is 11.3 Å². The molecule has 0 radical (unpaired) electrons. The molecule has 0 saturated carbocycles. The van der Waals surface area contributed by atoms with Gasteiger partial charge in [-0.15, -0.1) is 0 Å². The highest BCUT2D eigenvalue weighted by molar-refractivity contribution is 6.32. The Balaban J connectivity index is 2.50. The third-order valence-electron chi connectivity index (χ3n) is 2.21. The number of hydrogen-bond acceptors (Lipinski definition) is 3. The summed E-state index contributed by atoms with van der Waals surface area (Å²) in [5, 5.41) is 10.1. The molecule has 1 N–H and O–H groups in total. The smallest absolute Gasteiger partial charge is 0.141 e. The quantitative estimate of drug-likeness (QED) is 0.870. The molecule has 4 heteroatoms. The lowest BCUT2D eigenvalue weighted by atomic mass is 10.1. The standard InChI is InChI=1S/C12H10ClNO2/c1-16-11-5-4-8(7-9(11)13)12-10(15)3-2-6-14-12/h2-7,15H,1H3. The fourth-order valence-electron chi connectivity index (χ4n) is 1.43. The van der Waals surface area contributed by atoms with Gasteiger partial charge in [-0.2, -0.15) is 0 Å². The Kier molecular flexibility index (Phi) is 2.97. The van der Waals surface area contributed by atoms with Gasteiger partial charge in [0, 0.05) is 11.8 Å². The molecule has 16 heavy (non-hydrogen) atoms. The van der Waals surface area contributed by atoms with E-state index in [-0.39, 0.29) is 5.75 Å². The summed E-state index contributed by atoms with van der Waals surface area (Å²) < 4.78 is 5.05. The van der Waals surface area contributed by atoms with Crippen molar-refractivity contribution >= 4 is 11.6 Å². The molecule has 0 fully saturated rings. The van der Waals surface area contributed by atoms with Gasteiger partial charge >= 0.3 is 0 Å². The average Bonchev–Trinajstić information content (AvgIpc) is 2.29. The van der Waals surface area contributed by atoms with Crippen LogP contribution in [0.15, 0.2) is 36.5 Å². The number of halogens is 1. The van der Waals surface area contributed by atoms with Crippen molar-refractivity contribution in [2.45, 2.75) is 0 Å². The summed E-state index contributed by atoms with van der Waals surface area (Å²) in [6.07, 6.45) is 1.62. The minimum absolute atomic E-state index is 0.128. The Morgan fingerprint density at radius 2 is 2.12 bits per heavy atom. The van der Waals surface area contributed by atoms with Crippen LogP contribution < -0.4 is 4.74 Å². The maximum atomic E-state index is 9.64. The number of nitrogens with zero attached hydrogens (tertiary/aromatic N) is 1. The van der Waals surface area contributed by atoms with Crippen molar-refractivity contribution in [3.05, 3.63) is 41.6 Å². The molecular weight excluding hydrogens is 226 g/mol.